The van der Waals surface area contributed by atoms with Gasteiger partial charge in [-0.25, -0.2) is 0 Å². The lowest BCUT2D eigenvalue weighted by atomic mass is 10.2. The first-order chi connectivity index (χ1) is 7.38. The van der Waals surface area contributed by atoms with Gasteiger partial charge < -0.3 is 4.90 Å². The summed E-state index contributed by atoms with van der Waals surface area (Å²) in [6.07, 6.45) is 6.24. The quantitative estimate of drug-likeness (QED) is 0.697. The number of hydrogen-bond acceptors (Lipinski definition) is 3. The number of carbonyl (C=O) groups is 1. The SMILES string of the molecule is O=C(c1cccnn1)N1CCCCCC1. The molecule has 0 bridgehead atoms. The first kappa shape index (κ1) is 10.1. The van der Waals surface area contributed by atoms with Crippen LogP contribution in [0, 0.1) is 0 Å². The molecule has 2 heterocycles. The van der Waals surface area contributed by atoms with E-state index in [1.54, 1.807) is 18.3 Å². The molecule has 0 saturated carbocycles. The number of amides is 1. The summed E-state index contributed by atoms with van der Waals surface area (Å²) in [5, 5.41) is 7.57. The van der Waals surface area contributed by atoms with Gasteiger partial charge in [-0.3, -0.25) is 4.79 Å². The molecule has 0 spiro atoms. The van der Waals surface area contributed by atoms with Crippen molar-refractivity contribution in [3.05, 3.63) is 24.0 Å². The van der Waals surface area contributed by atoms with Crippen molar-refractivity contribution < 1.29 is 4.79 Å². The summed E-state index contributed by atoms with van der Waals surface area (Å²) in [5.74, 6) is 0.0185. The number of rotatable bonds is 1. The second kappa shape index (κ2) is 4.87. The molecule has 0 aromatic carbocycles. The molecule has 1 aliphatic heterocycles. The van der Waals surface area contributed by atoms with E-state index in [9.17, 15) is 4.79 Å². The van der Waals surface area contributed by atoms with Crippen molar-refractivity contribution in [1.29, 1.82) is 0 Å². The minimum atomic E-state index is 0.0185. The predicted octanol–water partition coefficient (Wildman–Crippen LogP) is 1.49. The third-order valence-corrected chi connectivity index (χ3v) is 2.68. The van der Waals surface area contributed by atoms with Crippen LogP contribution in [0.25, 0.3) is 0 Å². The molecule has 1 aromatic rings. The van der Waals surface area contributed by atoms with Crippen LogP contribution in [0.3, 0.4) is 0 Å². The van der Waals surface area contributed by atoms with Gasteiger partial charge in [0.15, 0.2) is 5.69 Å². The molecule has 80 valence electrons. The number of likely N-dealkylation sites (tertiary alicyclic amines) is 1. The maximum atomic E-state index is 12.0. The van der Waals surface area contributed by atoms with Crippen LogP contribution in [-0.2, 0) is 0 Å². The predicted molar refractivity (Wildman–Crippen MR) is 56.4 cm³/mol. The highest BCUT2D eigenvalue weighted by atomic mass is 16.2. The Hall–Kier alpha value is -1.45. The maximum Gasteiger partial charge on any atom is 0.274 e. The molecule has 0 unspecified atom stereocenters. The molecule has 0 aliphatic carbocycles. The van der Waals surface area contributed by atoms with Crippen molar-refractivity contribution in [2.45, 2.75) is 25.7 Å². The molecule has 4 nitrogen and oxygen atoms in total. The third-order valence-electron chi connectivity index (χ3n) is 2.68. The molecular weight excluding hydrogens is 190 g/mol. The van der Waals surface area contributed by atoms with Gasteiger partial charge in [-0.2, -0.15) is 5.10 Å². The number of hydrogen-bond donors (Lipinski definition) is 0. The zero-order chi connectivity index (χ0) is 10.5. The fourth-order valence-corrected chi connectivity index (χ4v) is 1.85. The number of nitrogens with zero attached hydrogens (tertiary/aromatic N) is 3. The lowest BCUT2D eigenvalue weighted by Crippen LogP contribution is -2.32. The Balaban J connectivity index is 2.06. The van der Waals surface area contributed by atoms with Gasteiger partial charge in [0.1, 0.15) is 0 Å². The van der Waals surface area contributed by atoms with Crippen LogP contribution >= 0.6 is 0 Å². The normalized spacial score (nSPS) is 17.2. The first-order valence-electron chi connectivity index (χ1n) is 5.45. The molecule has 1 fully saturated rings. The Kier molecular flexibility index (Phi) is 3.27. The molecule has 4 heteroatoms. The van der Waals surface area contributed by atoms with Crippen LogP contribution in [0.2, 0.25) is 0 Å². The van der Waals surface area contributed by atoms with Gasteiger partial charge in [0.2, 0.25) is 0 Å². The Morgan fingerprint density at radius 1 is 1.20 bits per heavy atom. The topological polar surface area (TPSA) is 46.1 Å². The largest absolute Gasteiger partial charge is 0.337 e. The van der Waals surface area contributed by atoms with Gasteiger partial charge in [-0.1, -0.05) is 12.8 Å². The van der Waals surface area contributed by atoms with Gasteiger partial charge in [-0.05, 0) is 25.0 Å². The van der Waals surface area contributed by atoms with Crippen LogP contribution in [-0.4, -0.2) is 34.1 Å². The first-order valence-corrected chi connectivity index (χ1v) is 5.45. The molecule has 1 saturated heterocycles. The Bertz CT molecular complexity index is 318. The van der Waals surface area contributed by atoms with E-state index in [1.165, 1.54) is 12.8 Å². The van der Waals surface area contributed by atoms with Gasteiger partial charge in [0, 0.05) is 19.3 Å². The lowest BCUT2D eigenvalue weighted by Gasteiger charge is -2.19. The Labute approximate surface area is 89.3 Å². The summed E-state index contributed by atoms with van der Waals surface area (Å²) in [6, 6.07) is 3.47. The summed E-state index contributed by atoms with van der Waals surface area (Å²) in [6.45, 7) is 1.71. The average molecular weight is 205 g/mol. The van der Waals surface area contributed by atoms with Gasteiger partial charge in [0.05, 0.1) is 0 Å². The van der Waals surface area contributed by atoms with Crippen LogP contribution < -0.4 is 0 Å². The summed E-state index contributed by atoms with van der Waals surface area (Å²) >= 11 is 0. The van der Waals surface area contributed by atoms with E-state index in [4.69, 9.17) is 0 Å². The van der Waals surface area contributed by atoms with Crippen molar-refractivity contribution in [1.82, 2.24) is 15.1 Å². The highest BCUT2D eigenvalue weighted by Crippen LogP contribution is 2.11. The molecular formula is C11H15N3O. The van der Waals surface area contributed by atoms with Crippen molar-refractivity contribution in [2.75, 3.05) is 13.1 Å². The van der Waals surface area contributed by atoms with Crippen molar-refractivity contribution in [3.8, 4) is 0 Å². The minimum Gasteiger partial charge on any atom is -0.337 e. The summed E-state index contributed by atoms with van der Waals surface area (Å²) in [7, 11) is 0. The lowest BCUT2D eigenvalue weighted by molar-refractivity contribution is 0.0754. The zero-order valence-corrected chi connectivity index (χ0v) is 8.72. The molecule has 0 atom stereocenters. The zero-order valence-electron chi connectivity index (χ0n) is 8.72. The molecule has 1 aromatic heterocycles. The standard InChI is InChI=1S/C11H15N3O/c15-11(10-6-5-7-12-13-10)14-8-3-1-2-4-9-14/h5-7H,1-4,8-9H2. The third kappa shape index (κ3) is 2.52. The monoisotopic (exact) mass is 205 g/mol. The van der Waals surface area contributed by atoms with E-state index in [0.29, 0.717) is 5.69 Å². The Morgan fingerprint density at radius 3 is 2.53 bits per heavy atom. The van der Waals surface area contributed by atoms with E-state index in [-0.39, 0.29) is 5.91 Å². The molecule has 1 aliphatic rings. The van der Waals surface area contributed by atoms with E-state index < -0.39 is 0 Å². The molecule has 2 rings (SSSR count). The summed E-state index contributed by atoms with van der Waals surface area (Å²) < 4.78 is 0. The summed E-state index contributed by atoms with van der Waals surface area (Å²) in [5.41, 5.74) is 0.458. The minimum absolute atomic E-state index is 0.0185. The van der Waals surface area contributed by atoms with Gasteiger partial charge in [-0.15, -0.1) is 5.10 Å². The van der Waals surface area contributed by atoms with E-state index in [2.05, 4.69) is 10.2 Å². The van der Waals surface area contributed by atoms with Crippen molar-refractivity contribution >= 4 is 5.91 Å². The average Bonchev–Trinajstić information content (AvgIpc) is 2.58. The van der Waals surface area contributed by atoms with E-state index in [1.807, 2.05) is 4.90 Å². The van der Waals surface area contributed by atoms with Crippen molar-refractivity contribution in [3.63, 3.8) is 0 Å². The second-order valence-corrected chi connectivity index (χ2v) is 3.82. The molecule has 0 radical (unpaired) electrons. The van der Waals surface area contributed by atoms with Crippen LogP contribution in [0.4, 0.5) is 0 Å². The smallest absolute Gasteiger partial charge is 0.274 e. The van der Waals surface area contributed by atoms with Gasteiger partial charge >= 0.3 is 0 Å². The molecule has 15 heavy (non-hydrogen) atoms. The molecule has 1 amide bonds. The summed E-state index contributed by atoms with van der Waals surface area (Å²) in [4.78, 5) is 13.9. The van der Waals surface area contributed by atoms with Gasteiger partial charge in [0.25, 0.3) is 5.91 Å². The maximum absolute atomic E-state index is 12.0. The fourth-order valence-electron chi connectivity index (χ4n) is 1.85. The van der Waals surface area contributed by atoms with E-state index >= 15 is 0 Å². The van der Waals surface area contributed by atoms with Crippen LogP contribution in [0.1, 0.15) is 36.2 Å². The van der Waals surface area contributed by atoms with Crippen LogP contribution in [0.15, 0.2) is 18.3 Å². The molecule has 0 N–H and O–H groups in total. The van der Waals surface area contributed by atoms with Crippen molar-refractivity contribution in [2.24, 2.45) is 0 Å². The second-order valence-electron chi connectivity index (χ2n) is 3.82. The number of carbonyl (C=O) groups excluding carboxylic acids is 1. The fraction of sp³-hybridized carbons (Fsp3) is 0.545. The number of aromatic nitrogens is 2. The Morgan fingerprint density at radius 2 is 1.93 bits per heavy atom. The van der Waals surface area contributed by atoms with E-state index in [0.717, 1.165) is 25.9 Å². The highest BCUT2D eigenvalue weighted by molar-refractivity contribution is 5.92. The highest BCUT2D eigenvalue weighted by Gasteiger charge is 2.17. The van der Waals surface area contributed by atoms with Crippen LogP contribution in [0.5, 0.6) is 0 Å².